The molecule has 0 aliphatic heterocycles. The Labute approximate surface area is 168 Å². The molecular formula is C24H30O4. The third-order valence-electron chi connectivity index (χ3n) is 4.30. The lowest BCUT2D eigenvalue weighted by Gasteiger charge is -2.12. The number of ether oxygens (including phenoxy) is 3. The molecule has 4 nitrogen and oxygen atoms in total. The van der Waals surface area contributed by atoms with Gasteiger partial charge in [0.25, 0.3) is 0 Å². The summed E-state index contributed by atoms with van der Waals surface area (Å²) in [6.07, 6.45) is 7.52. The molecule has 0 atom stereocenters. The number of rotatable bonds is 12. The van der Waals surface area contributed by atoms with Crippen molar-refractivity contribution in [1.82, 2.24) is 0 Å². The predicted octanol–water partition coefficient (Wildman–Crippen LogP) is 5.95. The van der Waals surface area contributed by atoms with Gasteiger partial charge in [0.1, 0.15) is 17.2 Å². The lowest BCUT2D eigenvalue weighted by molar-refractivity contribution is 0.104. The number of ketones is 1. The number of hydrogen-bond acceptors (Lipinski definition) is 4. The van der Waals surface area contributed by atoms with Gasteiger partial charge in [0.15, 0.2) is 5.78 Å². The van der Waals surface area contributed by atoms with Crippen LogP contribution in [0.15, 0.2) is 48.5 Å². The van der Waals surface area contributed by atoms with E-state index < -0.39 is 0 Å². The van der Waals surface area contributed by atoms with Gasteiger partial charge in [0, 0.05) is 17.2 Å². The second-order valence-corrected chi connectivity index (χ2v) is 6.53. The van der Waals surface area contributed by atoms with E-state index in [2.05, 4.69) is 13.8 Å². The number of benzene rings is 2. The maximum absolute atomic E-state index is 12.4. The molecule has 4 heteroatoms. The summed E-state index contributed by atoms with van der Waals surface area (Å²) in [4.78, 5) is 12.4. The third kappa shape index (κ3) is 6.76. The number of unbranched alkanes of at least 4 members (excludes halogenated alkanes) is 2. The van der Waals surface area contributed by atoms with Crippen LogP contribution in [0, 0.1) is 0 Å². The lowest BCUT2D eigenvalue weighted by atomic mass is 10.1. The van der Waals surface area contributed by atoms with Gasteiger partial charge < -0.3 is 14.2 Å². The van der Waals surface area contributed by atoms with E-state index in [1.165, 1.54) is 0 Å². The smallest absolute Gasteiger partial charge is 0.185 e. The highest BCUT2D eigenvalue weighted by Crippen LogP contribution is 2.27. The van der Waals surface area contributed by atoms with Gasteiger partial charge in [0.05, 0.1) is 20.3 Å². The van der Waals surface area contributed by atoms with Gasteiger partial charge in [0.2, 0.25) is 0 Å². The lowest BCUT2D eigenvalue weighted by Crippen LogP contribution is -2.01. The van der Waals surface area contributed by atoms with Crippen molar-refractivity contribution in [2.75, 3.05) is 20.3 Å². The molecule has 0 aliphatic carbocycles. The highest BCUT2D eigenvalue weighted by Gasteiger charge is 2.07. The molecule has 0 saturated heterocycles. The summed E-state index contributed by atoms with van der Waals surface area (Å²) in [5.74, 6) is 2.19. The standard InChI is InChI=1S/C24H30O4/c1-4-6-16-27-22-14-10-20(24(18-22)28-17-7-5-2)11-15-23(25)19-8-12-21(26-3)13-9-19/h8-15,18H,4-7,16-17H2,1-3H3/b15-11+. The molecule has 0 fully saturated rings. The van der Waals surface area contributed by atoms with Crippen LogP contribution in [0.25, 0.3) is 6.08 Å². The molecule has 2 aromatic rings. The fraction of sp³-hybridized carbons (Fsp3) is 0.375. The van der Waals surface area contributed by atoms with Crippen molar-refractivity contribution in [1.29, 1.82) is 0 Å². The molecule has 150 valence electrons. The molecule has 0 aliphatic rings. The number of allylic oxidation sites excluding steroid dienone is 1. The van der Waals surface area contributed by atoms with E-state index in [0.717, 1.165) is 48.5 Å². The first-order valence-corrected chi connectivity index (χ1v) is 9.94. The summed E-state index contributed by atoms with van der Waals surface area (Å²) in [7, 11) is 1.60. The highest BCUT2D eigenvalue weighted by atomic mass is 16.5. The average Bonchev–Trinajstić information content (AvgIpc) is 2.73. The van der Waals surface area contributed by atoms with E-state index in [1.807, 2.05) is 18.2 Å². The number of methoxy groups -OCH3 is 1. The van der Waals surface area contributed by atoms with E-state index in [9.17, 15) is 4.79 Å². The molecule has 2 rings (SSSR count). The number of hydrogen-bond donors (Lipinski definition) is 0. The Hall–Kier alpha value is -2.75. The van der Waals surface area contributed by atoms with Crippen LogP contribution >= 0.6 is 0 Å². The normalized spacial score (nSPS) is 10.8. The first-order valence-electron chi connectivity index (χ1n) is 9.94. The van der Waals surface area contributed by atoms with Crippen LogP contribution in [0.3, 0.4) is 0 Å². The van der Waals surface area contributed by atoms with Crippen LogP contribution in [-0.2, 0) is 0 Å². The molecule has 0 unspecified atom stereocenters. The van der Waals surface area contributed by atoms with E-state index in [4.69, 9.17) is 14.2 Å². The molecule has 0 aromatic heterocycles. The quantitative estimate of drug-likeness (QED) is 0.258. The molecule has 0 heterocycles. The van der Waals surface area contributed by atoms with E-state index in [1.54, 1.807) is 43.5 Å². The van der Waals surface area contributed by atoms with Gasteiger partial charge in [-0.25, -0.2) is 0 Å². The fourth-order valence-electron chi connectivity index (χ4n) is 2.54. The van der Waals surface area contributed by atoms with Crippen LogP contribution in [-0.4, -0.2) is 26.1 Å². The van der Waals surface area contributed by atoms with Gasteiger partial charge in [-0.1, -0.05) is 26.7 Å². The summed E-state index contributed by atoms with van der Waals surface area (Å²) in [6.45, 7) is 5.59. The Bertz CT molecular complexity index is 763. The molecule has 0 bridgehead atoms. The zero-order valence-corrected chi connectivity index (χ0v) is 17.1. The number of carbonyl (C=O) groups excluding carboxylic acids is 1. The van der Waals surface area contributed by atoms with Crippen molar-refractivity contribution in [3.05, 3.63) is 59.7 Å². The van der Waals surface area contributed by atoms with Gasteiger partial charge in [-0.2, -0.15) is 0 Å². The van der Waals surface area contributed by atoms with Crippen molar-refractivity contribution >= 4 is 11.9 Å². The molecule has 2 aromatic carbocycles. The minimum Gasteiger partial charge on any atom is -0.497 e. The zero-order valence-electron chi connectivity index (χ0n) is 17.1. The van der Waals surface area contributed by atoms with Gasteiger partial charge >= 0.3 is 0 Å². The van der Waals surface area contributed by atoms with E-state index >= 15 is 0 Å². The fourth-order valence-corrected chi connectivity index (χ4v) is 2.54. The van der Waals surface area contributed by atoms with Gasteiger partial charge in [-0.05, 0) is 61.4 Å². The van der Waals surface area contributed by atoms with Crippen molar-refractivity contribution < 1.29 is 19.0 Å². The molecule has 0 N–H and O–H groups in total. The van der Waals surface area contributed by atoms with Crippen LogP contribution in [0.4, 0.5) is 0 Å². The molecule has 28 heavy (non-hydrogen) atoms. The van der Waals surface area contributed by atoms with Crippen LogP contribution in [0.5, 0.6) is 17.2 Å². The summed E-state index contributed by atoms with van der Waals surface area (Å²) in [5.41, 5.74) is 1.48. The SMILES string of the molecule is CCCCOc1ccc(/C=C/C(=O)c2ccc(OC)cc2)c(OCCCC)c1. The Balaban J connectivity index is 2.13. The summed E-state index contributed by atoms with van der Waals surface area (Å²) >= 11 is 0. The van der Waals surface area contributed by atoms with Crippen molar-refractivity contribution in [2.45, 2.75) is 39.5 Å². The Morgan fingerprint density at radius 3 is 2.18 bits per heavy atom. The molecule has 0 spiro atoms. The first kappa shape index (κ1) is 21.5. The first-order chi connectivity index (χ1) is 13.7. The summed E-state index contributed by atoms with van der Waals surface area (Å²) in [5, 5.41) is 0. The van der Waals surface area contributed by atoms with Crippen LogP contribution in [0.2, 0.25) is 0 Å². The topological polar surface area (TPSA) is 44.8 Å². The Kier molecular flexibility index (Phi) is 9.13. The highest BCUT2D eigenvalue weighted by molar-refractivity contribution is 6.07. The van der Waals surface area contributed by atoms with Crippen LogP contribution in [0.1, 0.15) is 55.5 Å². The summed E-state index contributed by atoms with van der Waals surface area (Å²) in [6, 6.07) is 12.8. The zero-order chi connectivity index (χ0) is 20.2. The van der Waals surface area contributed by atoms with Crippen molar-refractivity contribution in [3.63, 3.8) is 0 Å². The molecule has 0 radical (unpaired) electrons. The monoisotopic (exact) mass is 382 g/mol. The predicted molar refractivity (Wildman–Crippen MR) is 114 cm³/mol. The van der Waals surface area contributed by atoms with Crippen molar-refractivity contribution in [2.24, 2.45) is 0 Å². The summed E-state index contributed by atoms with van der Waals surface area (Å²) < 4.78 is 16.8. The maximum Gasteiger partial charge on any atom is 0.185 e. The minimum atomic E-state index is -0.0644. The molecule has 0 saturated carbocycles. The van der Waals surface area contributed by atoms with Crippen molar-refractivity contribution in [3.8, 4) is 17.2 Å². The Morgan fingerprint density at radius 2 is 1.54 bits per heavy atom. The largest absolute Gasteiger partial charge is 0.497 e. The van der Waals surface area contributed by atoms with Crippen LogP contribution < -0.4 is 14.2 Å². The average molecular weight is 383 g/mol. The third-order valence-corrected chi connectivity index (χ3v) is 4.30. The minimum absolute atomic E-state index is 0.0644. The van der Waals surface area contributed by atoms with E-state index in [-0.39, 0.29) is 5.78 Å². The molecular weight excluding hydrogens is 352 g/mol. The second-order valence-electron chi connectivity index (χ2n) is 6.53. The molecule has 0 amide bonds. The maximum atomic E-state index is 12.4. The van der Waals surface area contributed by atoms with Gasteiger partial charge in [-0.3, -0.25) is 4.79 Å². The Morgan fingerprint density at radius 1 is 0.893 bits per heavy atom. The second kappa shape index (κ2) is 11.9. The number of carbonyl (C=O) groups is 1. The van der Waals surface area contributed by atoms with Gasteiger partial charge in [-0.15, -0.1) is 0 Å². The van der Waals surface area contributed by atoms with E-state index in [0.29, 0.717) is 18.8 Å².